The van der Waals surface area contributed by atoms with Crippen molar-refractivity contribution < 1.29 is 14.7 Å². The summed E-state index contributed by atoms with van der Waals surface area (Å²) in [5.41, 5.74) is 5.01. The number of carboxylic acids is 1. The van der Waals surface area contributed by atoms with E-state index in [1.807, 2.05) is 20.8 Å². The minimum atomic E-state index is -0.988. The minimum Gasteiger partial charge on any atom is -0.480 e. The molecule has 0 saturated heterocycles. The van der Waals surface area contributed by atoms with Gasteiger partial charge in [0, 0.05) is 6.54 Å². The van der Waals surface area contributed by atoms with Gasteiger partial charge in [0.05, 0.1) is 5.41 Å². The fraction of sp³-hybridized carbons (Fsp3) is 0.833. The first-order chi connectivity index (χ1) is 7.97. The highest BCUT2D eigenvalue weighted by atomic mass is 16.4. The van der Waals surface area contributed by atoms with Gasteiger partial charge in [-0.3, -0.25) is 4.79 Å². The second kappa shape index (κ2) is 7.27. The van der Waals surface area contributed by atoms with Crippen molar-refractivity contribution in [3.8, 4) is 0 Å². The summed E-state index contributed by atoms with van der Waals surface area (Å²) in [6.45, 7) is 5.92. The molecule has 0 radical (unpaired) electrons. The van der Waals surface area contributed by atoms with E-state index in [0.29, 0.717) is 25.7 Å². The summed E-state index contributed by atoms with van der Waals surface area (Å²) in [6.07, 6.45) is 2.38. The molecule has 5 nitrogen and oxygen atoms in total. The molecule has 0 aromatic carbocycles. The molecule has 0 aromatic heterocycles. The average molecular weight is 244 g/mol. The van der Waals surface area contributed by atoms with Gasteiger partial charge in [-0.05, 0) is 19.3 Å². The summed E-state index contributed by atoms with van der Waals surface area (Å²) in [4.78, 5) is 23.1. The minimum absolute atomic E-state index is 0.240. The summed E-state index contributed by atoms with van der Waals surface area (Å²) < 4.78 is 0. The van der Waals surface area contributed by atoms with Crippen LogP contribution in [-0.2, 0) is 9.59 Å². The number of carboxylic acid groups (broad SMARTS) is 1. The van der Waals surface area contributed by atoms with Crippen LogP contribution in [0, 0.1) is 5.41 Å². The fourth-order valence-electron chi connectivity index (χ4n) is 1.81. The molecular weight excluding hydrogens is 220 g/mol. The maximum atomic E-state index is 12.1. The molecule has 0 saturated carbocycles. The van der Waals surface area contributed by atoms with Crippen LogP contribution in [0.1, 0.15) is 46.5 Å². The van der Waals surface area contributed by atoms with Crippen LogP contribution in [0.4, 0.5) is 0 Å². The molecule has 0 fully saturated rings. The SMILES string of the molecule is CCC[C@H](NC(=O)C(CC)(CC)CN)C(=O)O. The van der Waals surface area contributed by atoms with E-state index in [4.69, 9.17) is 10.8 Å². The molecule has 4 N–H and O–H groups in total. The van der Waals surface area contributed by atoms with Crippen LogP contribution >= 0.6 is 0 Å². The smallest absolute Gasteiger partial charge is 0.326 e. The second-order valence-corrected chi connectivity index (χ2v) is 4.34. The number of nitrogens with one attached hydrogen (secondary N) is 1. The lowest BCUT2D eigenvalue weighted by Crippen LogP contribution is -2.51. The van der Waals surface area contributed by atoms with Gasteiger partial charge in [0.15, 0.2) is 0 Å². The van der Waals surface area contributed by atoms with Crippen LogP contribution < -0.4 is 11.1 Å². The van der Waals surface area contributed by atoms with Gasteiger partial charge in [0.25, 0.3) is 0 Å². The molecule has 0 aromatic rings. The number of rotatable bonds is 8. The third kappa shape index (κ3) is 4.00. The zero-order chi connectivity index (χ0) is 13.5. The van der Waals surface area contributed by atoms with Crippen molar-refractivity contribution in [2.75, 3.05) is 6.54 Å². The van der Waals surface area contributed by atoms with Gasteiger partial charge in [-0.2, -0.15) is 0 Å². The van der Waals surface area contributed by atoms with Gasteiger partial charge in [0.1, 0.15) is 6.04 Å². The molecule has 1 amide bonds. The first-order valence-corrected chi connectivity index (χ1v) is 6.21. The molecule has 17 heavy (non-hydrogen) atoms. The number of aliphatic carboxylic acids is 1. The van der Waals surface area contributed by atoms with Crippen molar-refractivity contribution in [1.82, 2.24) is 5.32 Å². The van der Waals surface area contributed by atoms with Crippen LogP contribution in [0.2, 0.25) is 0 Å². The summed E-state index contributed by atoms with van der Waals surface area (Å²) in [5, 5.41) is 11.6. The summed E-state index contributed by atoms with van der Waals surface area (Å²) in [5.74, 6) is -1.23. The van der Waals surface area contributed by atoms with Gasteiger partial charge in [-0.25, -0.2) is 4.79 Å². The van der Waals surface area contributed by atoms with Crippen molar-refractivity contribution in [2.24, 2.45) is 11.1 Å². The fourth-order valence-corrected chi connectivity index (χ4v) is 1.81. The normalized spacial score (nSPS) is 13.2. The summed E-state index contributed by atoms with van der Waals surface area (Å²) >= 11 is 0. The Bertz CT molecular complexity index is 254. The molecular formula is C12H24N2O3. The van der Waals surface area contributed by atoms with Crippen molar-refractivity contribution >= 4 is 11.9 Å². The number of carbonyl (C=O) groups is 2. The second-order valence-electron chi connectivity index (χ2n) is 4.34. The van der Waals surface area contributed by atoms with Crippen molar-refractivity contribution in [3.63, 3.8) is 0 Å². The van der Waals surface area contributed by atoms with Crippen LogP contribution in [-0.4, -0.2) is 29.6 Å². The molecule has 0 spiro atoms. The molecule has 0 aliphatic heterocycles. The maximum absolute atomic E-state index is 12.1. The lowest BCUT2D eigenvalue weighted by Gasteiger charge is -2.30. The first kappa shape index (κ1) is 15.9. The Labute approximate surface area is 103 Å². The molecule has 1 atom stereocenters. The monoisotopic (exact) mass is 244 g/mol. The number of nitrogens with two attached hydrogens (primary N) is 1. The van der Waals surface area contributed by atoms with Crippen LogP contribution in [0.25, 0.3) is 0 Å². The maximum Gasteiger partial charge on any atom is 0.326 e. The lowest BCUT2D eigenvalue weighted by atomic mass is 9.81. The first-order valence-electron chi connectivity index (χ1n) is 6.21. The van der Waals surface area contributed by atoms with E-state index in [0.717, 1.165) is 0 Å². The van der Waals surface area contributed by atoms with Gasteiger partial charge >= 0.3 is 5.97 Å². The lowest BCUT2D eigenvalue weighted by molar-refractivity contribution is -0.144. The number of carbonyl (C=O) groups excluding carboxylic acids is 1. The van der Waals surface area contributed by atoms with E-state index >= 15 is 0 Å². The van der Waals surface area contributed by atoms with E-state index in [9.17, 15) is 9.59 Å². The van der Waals surface area contributed by atoms with Crippen LogP contribution in [0.5, 0.6) is 0 Å². The largest absolute Gasteiger partial charge is 0.480 e. The Hall–Kier alpha value is -1.10. The van der Waals surface area contributed by atoms with Gasteiger partial charge in [-0.15, -0.1) is 0 Å². The highest BCUT2D eigenvalue weighted by Crippen LogP contribution is 2.25. The highest BCUT2D eigenvalue weighted by molar-refractivity contribution is 5.87. The van der Waals surface area contributed by atoms with E-state index in [1.165, 1.54) is 0 Å². The molecule has 100 valence electrons. The van der Waals surface area contributed by atoms with E-state index < -0.39 is 17.4 Å². The topological polar surface area (TPSA) is 92.4 Å². The van der Waals surface area contributed by atoms with Crippen LogP contribution in [0.15, 0.2) is 0 Å². The molecule has 0 aliphatic carbocycles. The van der Waals surface area contributed by atoms with Crippen molar-refractivity contribution in [3.05, 3.63) is 0 Å². The number of amides is 1. The summed E-state index contributed by atoms with van der Waals surface area (Å²) in [6, 6.07) is -0.809. The van der Waals surface area contributed by atoms with E-state index in [1.54, 1.807) is 0 Å². The van der Waals surface area contributed by atoms with Crippen molar-refractivity contribution in [2.45, 2.75) is 52.5 Å². The molecule has 0 aliphatic rings. The Morgan fingerprint density at radius 3 is 2.12 bits per heavy atom. The highest BCUT2D eigenvalue weighted by Gasteiger charge is 2.35. The number of hydrogen-bond donors (Lipinski definition) is 3. The third-order valence-electron chi connectivity index (χ3n) is 3.41. The summed E-state index contributed by atoms with van der Waals surface area (Å²) in [7, 11) is 0. The third-order valence-corrected chi connectivity index (χ3v) is 3.41. The predicted molar refractivity (Wildman–Crippen MR) is 66.5 cm³/mol. The average Bonchev–Trinajstić information content (AvgIpc) is 2.31. The standard InChI is InChI=1S/C12H24N2O3/c1-4-7-9(10(15)16)14-11(17)12(5-2,6-3)8-13/h9H,4-8,13H2,1-3H3,(H,14,17)(H,15,16)/t9-/m0/s1. The van der Waals surface area contributed by atoms with Crippen LogP contribution in [0.3, 0.4) is 0 Å². The predicted octanol–water partition coefficient (Wildman–Crippen LogP) is 1.12. The van der Waals surface area contributed by atoms with E-state index in [-0.39, 0.29) is 12.5 Å². The Morgan fingerprint density at radius 2 is 1.82 bits per heavy atom. The van der Waals surface area contributed by atoms with Gasteiger partial charge in [-0.1, -0.05) is 27.2 Å². The molecule has 0 rings (SSSR count). The Kier molecular flexibility index (Phi) is 6.80. The number of hydrogen-bond acceptors (Lipinski definition) is 3. The zero-order valence-corrected chi connectivity index (χ0v) is 11.0. The Balaban J connectivity index is 4.73. The van der Waals surface area contributed by atoms with Gasteiger partial charge < -0.3 is 16.2 Å². The molecule has 0 bridgehead atoms. The van der Waals surface area contributed by atoms with E-state index in [2.05, 4.69) is 5.32 Å². The molecule has 0 unspecified atom stereocenters. The van der Waals surface area contributed by atoms with Gasteiger partial charge in [0.2, 0.25) is 5.91 Å². The molecule has 5 heteroatoms. The zero-order valence-electron chi connectivity index (χ0n) is 11.0. The van der Waals surface area contributed by atoms with Crippen molar-refractivity contribution in [1.29, 1.82) is 0 Å². The quantitative estimate of drug-likeness (QED) is 0.596. The molecule has 0 heterocycles. The Morgan fingerprint density at radius 1 is 1.29 bits per heavy atom.